The molecule has 0 bridgehead atoms. The molecule has 1 aliphatic rings. The number of carbonyl (C=O) groups excluding carboxylic acids is 1. The Morgan fingerprint density at radius 2 is 2.50 bits per heavy atom. The number of amides is 1. The van der Waals surface area contributed by atoms with Crippen LogP contribution in [0.4, 0.5) is 0 Å². The molecule has 1 heterocycles. The van der Waals surface area contributed by atoms with Gasteiger partial charge in [-0.25, -0.2) is 5.84 Å². The van der Waals surface area contributed by atoms with Crippen molar-refractivity contribution in [2.75, 3.05) is 6.61 Å². The summed E-state index contributed by atoms with van der Waals surface area (Å²) in [7, 11) is 0. The first kappa shape index (κ1) is 11.8. The van der Waals surface area contributed by atoms with Gasteiger partial charge < -0.3 is 4.74 Å². The van der Waals surface area contributed by atoms with Crippen LogP contribution in [0.2, 0.25) is 0 Å². The topological polar surface area (TPSA) is 64.4 Å². The molecule has 0 aromatic carbocycles. The number of thioether (sulfide) groups is 1. The molecule has 14 heavy (non-hydrogen) atoms. The van der Waals surface area contributed by atoms with Crippen molar-refractivity contribution in [1.29, 1.82) is 0 Å². The van der Waals surface area contributed by atoms with Crippen molar-refractivity contribution in [2.45, 2.75) is 43.3 Å². The molecular weight excluding hydrogens is 200 g/mol. The summed E-state index contributed by atoms with van der Waals surface area (Å²) in [6, 6.07) is 0. The molecule has 1 saturated heterocycles. The number of hydrazine groups is 1. The molecule has 1 rings (SSSR count). The average Bonchev–Trinajstić information content (AvgIpc) is 2.51. The molecule has 3 atom stereocenters. The average molecular weight is 218 g/mol. The summed E-state index contributed by atoms with van der Waals surface area (Å²) in [5.74, 6) is 4.92. The van der Waals surface area contributed by atoms with Crippen LogP contribution >= 0.6 is 11.8 Å². The normalized spacial score (nSPS) is 28.8. The van der Waals surface area contributed by atoms with Crippen LogP contribution in [0.5, 0.6) is 0 Å². The van der Waals surface area contributed by atoms with Crippen molar-refractivity contribution in [1.82, 2.24) is 5.43 Å². The third-order valence-electron chi connectivity index (χ3n) is 2.35. The predicted octanol–water partition coefficient (Wildman–Crippen LogP) is 0.666. The molecule has 3 N–H and O–H groups in total. The molecule has 0 saturated carbocycles. The quantitative estimate of drug-likeness (QED) is 0.413. The van der Waals surface area contributed by atoms with E-state index in [4.69, 9.17) is 10.6 Å². The fourth-order valence-corrected chi connectivity index (χ4v) is 2.93. The van der Waals surface area contributed by atoms with E-state index in [0.717, 1.165) is 13.0 Å². The number of rotatable bonds is 4. The molecule has 82 valence electrons. The molecular formula is C9H18N2O2S. The van der Waals surface area contributed by atoms with Gasteiger partial charge in [0.25, 0.3) is 0 Å². The molecule has 0 aromatic rings. The van der Waals surface area contributed by atoms with Gasteiger partial charge in [-0.2, -0.15) is 11.8 Å². The van der Waals surface area contributed by atoms with Crippen molar-refractivity contribution >= 4 is 17.7 Å². The third kappa shape index (κ3) is 3.48. The Labute approximate surface area is 88.9 Å². The van der Waals surface area contributed by atoms with E-state index in [1.165, 1.54) is 0 Å². The second-order valence-electron chi connectivity index (χ2n) is 3.62. The van der Waals surface area contributed by atoms with Crippen LogP contribution in [0.15, 0.2) is 0 Å². The maximum absolute atomic E-state index is 11.0. The van der Waals surface area contributed by atoms with Crippen molar-refractivity contribution in [3.63, 3.8) is 0 Å². The summed E-state index contributed by atoms with van der Waals surface area (Å²) >= 11 is 1.82. The highest BCUT2D eigenvalue weighted by Gasteiger charge is 2.26. The molecule has 0 radical (unpaired) electrons. The molecule has 3 unspecified atom stereocenters. The monoisotopic (exact) mass is 218 g/mol. The maximum atomic E-state index is 11.0. The summed E-state index contributed by atoms with van der Waals surface area (Å²) in [6.45, 7) is 4.97. The van der Waals surface area contributed by atoms with E-state index in [0.29, 0.717) is 23.0 Å². The van der Waals surface area contributed by atoms with Crippen LogP contribution in [0.1, 0.15) is 26.7 Å². The van der Waals surface area contributed by atoms with Gasteiger partial charge in [-0.05, 0) is 13.3 Å². The van der Waals surface area contributed by atoms with Crippen molar-refractivity contribution in [2.24, 2.45) is 5.84 Å². The summed E-state index contributed by atoms with van der Waals surface area (Å²) in [5, 5.41) is 0.822. The minimum absolute atomic E-state index is 0.100. The lowest BCUT2D eigenvalue weighted by Gasteiger charge is -2.18. The second-order valence-corrected chi connectivity index (χ2v) is 5.30. The standard InChI is InChI=1S/C9H18N2O2S/c1-6(5-9(12)11-10)14-8-3-4-13-7(8)2/h6-8H,3-5,10H2,1-2H3,(H,11,12). The smallest absolute Gasteiger partial charge is 0.234 e. The highest BCUT2D eigenvalue weighted by atomic mass is 32.2. The molecule has 0 aliphatic carbocycles. The molecule has 5 heteroatoms. The van der Waals surface area contributed by atoms with Crippen LogP contribution in [-0.2, 0) is 9.53 Å². The zero-order valence-electron chi connectivity index (χ0n) is 8.66. The van der Waals surface area contributed by atoms with Gasteiger partial charge in [0.1, 0.15) is 0 Å². The van der Waals surface area contributed by atoms with Gasteiger partial charge >= 0.3 is 0 Å². The lowest BCUT2D eigenvalue weighted by molar-refractivity contribution is -0.121. The minimum Gasteiger partial charge on any atom is -0.377 e. The molecule has 1 amide bonds. The van der Waals surface area contributed by atoms with Crippen LogP contribution < -0.4 is 11.3 Å². The summed E-state index contributed by atoms with van der Waals surface area (Å²) in [5.41, 5.74) is 2.15. The first-order valence-electron chi connectivity index (χ1n) is 4.90. The predicted molar refractivity (Wildman–Crippen MR) is 57.8 cm³/mol. The van der Waals surface area contributed by atoms with Crippen LogP contribution in [-0.4, -0.2) is 29.1 Å². The van der Waals surface area contributed by atoms with E-state index >= 15 is 0 Å². The zero-order valence-corrected chi connectivity index (χ0v) is 9.47. The van der Waals surface area contributed by atoms with Gasteiger partial charge in [-0.3, -0.25) is 10.2 Å². The second kappa shape index (κ2) is 5.58. The zero-order chi connectivity index (χ0) is 10.6. The van der Waals surface area contributed by atoms with Gasteiger partial charge in [0.2, 0.25) is 5.91 Å². The van der Waals surface area contributed by atoms with Crippen molar-refractivity contribution < 1.29 is 9.53 Å². The molecule has 0 aromatic heterocycles. The van der Waals surface area contributed by atoms with Gasteiger partial charge in [-0.1, -0.05) is 6.92 Å². The van der Waals surface area contributed by atoms with Gasteiger partial charge in [-0.15, -0.1) is 0 Å². The van der Waals surface area contributed by atoms with E-state index < -0.39 is 0 Å². The van der Waals surface area contributed by atoms with E-state index in [2.05, 4.69) is 12.3 Å². The number of hydrogen-bond donors (Lipinski definition) is 2. The summed E-state index contributed by atoms with van der Waals surface area (Å²) in [4.78, 5) is 11.0. The van der Waals surface area contributed by atoms with E-state index in [1.54, 1.807) is 0 Å². The highest BCUT2D eigenvalue weighted by molar-refractivity contribution is 8.00. The van der Waals surface area contributed by atoms with E-state index in [9.17, 15) is 4.79 Å². The molecule has 1 fully saturated rings. The Morgan fingerprint density at radius 1 is 1.79 bits per heavy atom. The Bertz CT molecular complexity index is 201. The molecule has 4 nitrogen and oxygen atoms in total. The first-order chi connectivity index (χ1) is 6.63. The number of nitrogens with one attached hydrogen (secondary N) is 1. The SMILES string of the molecule is CC(CC(=O)NN)SC1CCOC1C. The lowest BCUT2D eigenvalue weighted by Crippen LogP contribution is -2.32. The first-order valence-corrected chi connectivity index (χ1v) is 5.84. The minimum atomic E-state index is -0.100. The Morgan fingerprint density at radius 3 is 3.00 bits per heavy atom. The van der Waals surface area contributed by atoms with E-state index in [1.807, 2.05) is 18.7 Å². The highest BCUT2D eigenvalue weighted by Crippen LogP contribution is 2.30. The number of ether oxygens (including phenoxy) is 1. The van der Waals surface area contributed by atoms with Crippen molar-refractivity contribution in [3.8, 4) is 0 Å². The fourth-order valence-electron chi connectivity index (χ4n) is 1.56. The summed E-state index contributed by atoms with van der Waals surface area (Å²) in [6.07, 6.45) is 1.87. The maximum Gasteiger partial charge on any atom is 0.234 e. The van der Waals surface area contributed by atoms with Gasteiger partial charge in [0.05, 0.1) is 6.10 Å². The molecule has 0 spiro atoms. The van der Waals surface area contributed by atoms with Gasteiger partial charge in [0, 0.05) is 23.5 Å². The summed E-state index contributed by atoms with van der Waals surface area (Å²) < 4.78 is 5.45. The van der Waals surface area contributed by atoms with Crippen molar-refractivity contribution in [3.05, 3.63) is 0 Å². The van der Waals surface area contributed by atoms with Crippen LogP contribution in [0.3, 0.4) is 0 Å². The Kier molecular flexibility index (Phi) is 4.71. The number of hydrogen-bond acceptors (Lipinski definition) is 4. The van der Waals surface area contributed by atoms with Gasteiger partial charge in [0.15, 0.2) is 0 Å². The van der Waals surface area contributed by atoms with E-state index in [-0.39, 0.29) is 5.91 Å². The van der Waals surface area contributed by atoms with Crippen LogP contribution in [0.25, 0.3) is 0 Å². The lowest BCUT2D eigenvalue weighted by atomic mass is 10.2. The van der Waals surface area contributed by atoms with Crippen LogP contribution in [0, 0.1) is 0 Å². The number of nitrogens with two attached hydrogens (primary N) is 1. The molecule has 1 aliphatic heterocycles. The Hall–Kier alpha value is -0.260. The Balaban J connectivity index is 2.25. The third-order valence-corrected chi connectivity index (χ3v) is 3.95. The fraction of sp³-hybridized carbons (Fsp3) is 0.889. The number of carbonyl (C=O) groups is 1. The largest absolute Gasteiger partial charge is 0.377 e.